The van der Waals surface area contributed by atoms with Crippen LogP contribution in [0.25, 0.3) is 6.08 Å². The molecule has 1 heterocycles. The summed E-state index contributed by atoms with van der Waals surface area (Å²) in [5.41, 5.74) is 4.49. The molecule has 1 N–H and O–H groups in total. The van der Waals surface area contributed by atoms with Crippen LogP contribution >= 0.6 is 28.1 Å². The average molecular weight is 551 g/mol. The van der Waals surface area contributed by atoms with Crippen molar-refractivity contribution in [3.8, 4) is 11.5 Å². The van der Waals surface area contributed by atoms with Crippen molar-refractivity contribution in [2.75, 3.05) is 12.0 Å². The SMILES string of the molecule is COc1cc(/C=C2/C(=O)NC(=S)N(c3ccccc3)C2=O)cc(Br)c1OCc1cc(C)cc(C)c1. The second-order valence-corrected chi connectivity index (χ2v) is 9.35. The molecule has 8 heteroatoms. The number of ether oxygens (including phenoxy) is 2. The molecule has 0 aliphatic carbocycles. The van der Waals surface area contributed by atoms with Crippen molar-refractivity contribution in [1.29, 1.82) is 0 Å². The molecule has 0 spiro atoms. The van der Waals surface area contributed by atoms with Crippen molar-refractivity contribution in [3.05, 3.63) is 93.0 Å². The summed E-state index contributed by atoms with van der Waals surface area (Å²) in [4.78, 5) is 27.2. The van der Waals surface area contributed by atoms with Gasteiger partial charge in [0.1, 0.15) is 12.2 Å². The maximum Gasteiger partial charge on any atom is 0.270 e. The molecule has 1 aliphatic rings. The van der Waals surface area contributed by atoms with Crippen LogP contribution in [0.15, 0.2) is 70.7 Å². The van der Waals surface area contributed by atoms with Crippen molar-refractivity contribution in [2.45, 2.75) is 20.5 Å². The predicted molar refractivity (Wildman–Crippen MR) is 144 cm³/mol. The van der Waals surface area contributed by atoms with Crippen molar-refractivity contribution in [1.82, 2.24) is 5.32 Å². The van der Waals surface area contributed by atoms with Gasteiger partial charge in [0, 0.05) is 0 Å². The van der Waals surface area contributed by atoms with Gasteiger partial charge in [-0.15, -0.1) is 0 Å². The van der Waals surface area contributed by atoms with Crippen molar-refractivity contribution >= 4 is 56.8 Å². The molecule has 6 nitrogen and oxygen atoms in total. The molecule has 0 bridgehead atoms. The minimum atomic E-state index is -0.558. The number of carbonyl (C=O) groups is 2. The van der Waals surface area contributed by atoms with E-state index in [0.717, 1.165) is 16.7 Å². The zero-order chi connectivity index (χ0) is 25.1. The first-order valence-corrected chi connectivity index (χ1v) is 12.0. The lowest BCUT2D eigenvalue weighted by Gasteiger charge is -2.28. The Balaban J connectivity index is 1.64. The Bertz CT molecular complexity index is 1330. The number of anilines is 1. The highest BCUT2D eigenvalue weighted by molar-refractivity contribution is 9.10. The molecule has 3 aromatic rings. The molecule has 35 heavy (non-hydrogen) atoms. The van der Waals surface area contributed by atoms with E-state index < -0.39 is 11.8 Å². The Morgan fingerprint density at radius 2 is 1.71 bits per heavy atom. The van der Waals surface area contributed by atoms with Gasteiger partial charge in [-0.1, -0.05) is 47.5 Å². The molecular weight excluding hydrogens is 528 g/mol. The van der Waals surface area contributed by atoms with Gasteiger partial charge in [-0.2, -0.15) is 0 Å². The van der Waals surface area contributed by atoms with Gasteiger partial charge in [-0.3, -0.25) is 19.8 Å². The van der Waals surface area contributed by atoms with Gasteiger partial charge in [-0.05, 0) is 83.5 Å². The highest BCUT2D eigenvalue weighted by Gasteiger charge is 2.34. The van der Waals surface area contributed by atoms with Gasteiger partial charge in [0.2, 0.25) is 0 Å². The molecule has 1 fully saturated rings. The molecule has 2 amide bonds. The quantitative estimate of drug-likeness (QED) is 0.250. The number of aryl methyl sites for hydroxylation is 2. The van der Waals surface area contributed by atoms with Crippen molar-refractivity contribution < 1.29 is 19.1 Å². The maximum absolute atomic E-state index is 13.2. The zero-order valence-corrected chi connectivity index (χ0v) is 21.8. The normalized spacial score (nSPS) is 14.8. The van der Waals surface area contributed by atoms with E-state index in [0.29, 0.717) is 33.8 Å². The van der Waals surface area contributed by atoms with E-state index in [1.165, 1.54) is 18.1 Å². The fourth-order valence-electron chi connectivity index (χ4n) is 3.91. The smallest absolute Gasteiger partial charge is 0.270 e. The van der Waals surface area contributed by atoms with Gasteiger partial charge >= 0.3 is 0 Å². The number of methoxy groups -OCH3 is 1. The lowest BCUT2D eigenvalue weighted by molar-refractivity contribution is -0.122. The summed E-state index contributed by atoms with van der Waals surface area (Å²) >= 11 is 8.79. The Kier molecular flexibility index (Phi) is 7.33. The molecule has 1 aliphatic heterocycles. The molecule has 0 saturated carbocycles. The standard InChI is InChI=1S/C27H23BrN2O4S/c1-16-9-17(2)11-19(10-16)15-34-24-22(28)13-18(14-23(24)33-3)12-21-25(31)29-27(35)30(26(21)32)20-7-5-4-6-8-20/h4-14H,15H2,1-3H3,(H,29,31,35)/b21-12-. The summed E-state index contributed by atoms with van der Waals surface area (Å²) in [7, 11) is 1.54. The fraction of sp³-hybridized carbons (Fsp3) is 0.148. The van der Waals surface area contributed by atoms with Gasteiger partial charge < -0.3 is 9.47 Å². The lowest BCUT2D eigenvalue weighted by atomic mass is 10.1. The van der Waals surface area contributed by atoms with Crippen LogP contribution in [0.4, 0.5) is 5.69 Å². The number of benzene rings is 3. The number of hydrogen-bond acceptors (Lipinski definition) is 5. The number of hydrogen-bond donors (Lipinski definition) is 1. The van der Waals surface area contributed by atoms with Crippen LogP contribution in [0, 0.1) is 13.8 Å². The number of nitrogens with one attached hydrogen (secondary N) is 1. The minimum absolute atomic E-state index is 0.0391. The fourth-order valence-corrected chi connectivity index (χ4v) is 4.76. The summed E-state index contributed by atoms with van der Waals surface area (Å²) in [5.74, 6) is -0.0670. The largest absolute Gasteiger partial charge is 0.493 e. The Hall–Kier alpha value is -3.49. The number of amides is 2. The highest BCUT2D eigenvalue weighted by atomic mass is 79.9. The van der Waals surface area contributed by atoms with Gasteiger partial charge in [0.05, 0.1) is 17.3 Å². The average Bonchev–Trinajstić information content (AvgIpc) is 2.80. The highest BCUT2D eigenvalue weighted by Crippen LogP contribution is 2.38. The van der Waals surface area contributed by atoms with Crippen LogP contribution in [0.1, 0.15) is 22.3 Å². The third-order valence-electron chi connectivity index (χ3n) is 5.34. The number of carbonyl (C=O) groups excluding carboxylic acids is 2. The summed E-state index contributed by atoms with van der Waals surface area (Å²) in [6, 6.07) is 18.7. The van der Waals surface area contributed by atoms with Crippen LogP contribution in [-0.2, 0) is 16.2 Å². The van der Waals surface area contributed by atoms with E-state index in [4.69, 9.17) is 21.7 Å². The topological polar surface area (TPSA) is 67.9 Å². The first-order chi connectivity index (χ1) is 16.8. The molecule has 0 atom stereocenters. The van der Waals surface area contributed by atoms with Crippen LogP contribution in [0.3, 0.4) is 0 Å². The predicted octanol–water partition coefficient (Wildman–Crippen LogP) is 5.48. The van der Waals surface area contributed by atoms with E-state index in [1.807, 2.05) is 19.9 Å². The Morgan fingerprint density at radius 1 is 1.03 bits per heavy atom. The van der Waals surface area contributed by atoms with E-state index in [2.05, 4.69) is 39.4 Å². The number of rotatable bonds is 6. The second-order valence-electron chi connectivity index (χ2n) is 8.11. The molecule has 0 aromatic heterocycles. The number of nitrogens with zero attached hydrogens (tertiary/aromatic N) is 1. The molecular formula is C27H23BrN2O4S. The van der Waals surface area contributed by atoms with Crippen LogP contribution in [0.2, 0.25) is 0 Å². The third kappa shape index (κ3) is 5.44. The molecule has 1 saturated heterocycles. The van der Waals surface area contributed by atoms with Crippen molar-refractivity contribution in [3.63, 3.8) is 0 Å². The number of thiocarbonyl (C=S) groups is 1. The van der Waals surface area contributed by atoms with Crippen LogP contribution in [-0.4, -0.2) is 24.0 Å². The summed E-state index contributed by atoms with van der Waals surface area (Å²) in [6.45, 7) is 4.45. The van der Waals surface area contributed by atoms with E-state index in [1.54, 1.807) is 36.4 Å². The van der Waals surface area contributed by atoms with Crippen LogP contribution in [0.5, 0.6) is 11.5 Å². The van der Waals surface area contributed by atoms with E-state index in [9.17, 15) is 9.59 Å². The van der Waals surface area contributed by atoms with E-state index >= 15 is 0 Å². The Morgan fingerprint density at radius 3 is 2.37 bits per heavy atom. The second kappa shape index (κ2) is 10.4. The minimum Gasteiger partial charge on any atom is -0.493 e. The summed E-state index contributed by atoms with van der Waals surface area (Å²) < 4.78 is 12.3. The third-order valence-corrected chi connectivity index (χ3v) is 6.22. The zero-order valence-electron chi connectivity index (χ0n) is 19.4. The Labute approximate surface area is 217 Å². The summed E-state index contributed by atoms with van der Waals surface area (Å²) in [5, 5.41) is 2.63. The summed E-state index contributed by atoms with van der Waals surface area (Å²) in [6.07, 6.45) is 1.51. The lowest BCUT2D eigenvalue weighted by Crippen LogP contribution is -2.54. The first kappa shape index (κ1) is 24.6. The van der Waals surface area contributed by atoms with E-state index in [-0.39, 0.29) is 10.7 Å². The van der Waals surface area contributed by atoms with Gasteiger partial charge in [0.25, 0.3) is 11.8 Å². The van der Waals surface area contributed by atoms with Crippen LogP contribution < -0.4 is 19.7 Å². The monoisotopic (exact) mass is 550 g/mol. The number of halogens is 1. The maximum atomic E-state index is 13.2. The van der Waals surface area contributed by atoms with Crippen molar-refractivity contribution in [2.24, 2.45) is 0 Å². The molecule has 0 radical (unpaired) electrons. The molecule has 3 aromatic carbocycles. The molecule has 178 valence electrons. The number of para-hydroxylation sites is 1. The molecule has 0 unspecified atom stereocenters. The molecule has 4 rings (SSSR count). The van der Waals surface area contributed by atoms with Gasteiger partial charge in [-0.25, -0.2) is 0 Å². The van der Waals surface area contributed by atoms with Gasteiger partial charge in [0.15, 0.2) is 16.6 Å². The first-order valence-electron chi connectivity index (χ1n) is 10.8.